The third-order valence-corrected chi connectivity index (χ3v) is 8.19. The number of hydrogen-bond donors (Lipinski definition) is 2. The van der Waals surface area contributed by atoms with Crippen LogP contribution in [0.5, 0.6) is 0 Å². The minimum Gasteiger partial charge on any atom is -0.369 e. The largest absolute Gasteiger partial charge is 0.369 e. The highest BCUT2D eigenvalue weighted by Crippen LogP contribution is 2.37. The quantitative estimate of drug-likeness (QED) is 0.419. The maximum atomic E-state index is 15.2. The molecule has 36 heavy (non-hydrogen) atoms. The van der Waals surface area contributed by atoms with E-state index < -0.39 is 54.4 Å². The summed E-state index contributed by atoms with van der Waals surface area (Å²) in [6.45, 7) is 1.65. The molecule has 1 aliphatic rings. The van der Waals surface area contributed by atoms with Gasteiger partial charge in [-0.2, -0.15) is 0 Å². The van der Waals surface area contributed by atoms with Gasteiger partial charge in [-0.05, 0) is 30.7 Å². The van der Waals surface area contributed by atoms with Gasteiger partial charge in [-0.25, -0.2) is 30.6 Å². The van der Waals surface area contributed by atoms with E-state index in [2.05, 4.69) is 20.0 Å². The molecule has 4 rings (SSSR count). The van der Waals surface area contributed by atoms with Crippen molar-refractivity contribution in [2.45, 2.75) is 24.2 Å². The maximum absolute atomic E-state index is 15.2. The molecule has 0 spiro atoms. The molecule has 0 saturated carbocycles. The number of sulfone groups is 1. The van der Waals surface area contributed by atoms with Crippen LogP contribution in [0.2, 0.25) is 0 Å². The van der Waals surface area contributed by atoms with Crippen LogP contribution in [0.4, 0.5) is 20.3 Å². The van der Waals surface area contributed by atoms with Crippen molar-refractivity contribution in [2.24, 2.45) is 0 Å². The van der Waals surface area contributed by atoms with E-state index in [1.807, 2.05) is 0 Å². The van der Waals surface area contributed by atoms with Gasteiger partial charge in [0.25, 0.3) is 0 Å². The zero-order valence-electron chi connectivity index (χ0n) is 19.2. The lowest BCUT2D eigenvalue weighted by Gasteiger charge is -2.14. The second-order valence-corrected chi connectivity index (χ2v) is 12.2. The van der Waals surface area contributed by atoms with Crippen molar-refractivity contribution >= 4 is 37.1 Å². The summed E-state index contributed by atoms with van der Waals surface area (Å²) >= 11 is 0. The Morgan fingerprint density at radius 1 is 1.11 bits per heavy atom. The molecule has 0 radical (unpaired) electrons. The number of carbonyl (C=O) groups excluding carboxylic acids is 1. The van der Waals surface area contributed by atoms with Crippen LogP contribution < -0.4 is 10.0 Å². The molecule has 0 bridgehead atoms. The molecule has 1 aliphatic heterocycles. The molecule has 0 saturated heterocycles. The van der Waals surface area contributed by atoms with Crippen LogP contribution in [0.3, 0.4) is 0 Å². The molecule has 1 aromatic carbocycles. The Balaban J connectivity index is 1.72. The van der Waals surface area contributed by atoms with Crippen molar-refractivity contribution < 1.29 is 30.4 Å². The minimum absolute atomic E-state index is 0.00210. The highest BCUT2D eigenvalue weighted by molar-refractivity contribution is 7.92. The molecule has 2 aromatic heterocycles. The molecular weight excluding hydrogens is 514 g/mol. The number of halogens is 2. The van der Waals surface area contributed by atoms with Gasteiger partial charge in [0.1, 0.15) is 11.6 Å². The van der Waals surface area contributed by atoms with E-state index in [0.717, 1.165) is 18.4 Å². The van der Waals surface area contributed by atoms with Gasteiger partial charge in [0.2, 0.25) is 10.0 Å². The van der Waals surface area contributed by atoms with E-state index >= 15 is 4.39 Å². The number of nitrogens with zero attached hydrogens (tertiary/aromatic N) is 2. The number of benzene rings is 1. The molecule has 190 valence electrons. The average molecular weight is 537 g/mol. The number of Topliss-reactive ketones (excluding diaryl/α,β-unsaturated/α-hetero) is 1. The van der Waals surface area contributed by atoms with Crippen LogP contribution in [0.1, 0.15) is 35.2 Å². The lowest BCUT2D eigenvalue weighted by Crippen LogP contribution is -2.21. The maximum Gasteiger partial charge on any atom is 0.232 e. The number of ketones is 1. The molecule has 1 unspecified atom stereocenters. The van der Waals surface area contributed by atoms with Gasteiger partial charge in [-0.15, -0.1) is 0 Å². The fourth-order valence-corrected chi connectivity index (χ4v) is 5.62. The summed E-state index contributed by atoms with van der Waals surface area (Å²) in [5.41, 5.74) is -0.142. The van der Waals surface area contributed by atoms with Crippen LogP contribution >= 0.6 is 0 Å². The van der Waals surface area contributed by atoms with E-state index in [4.69, 9.17) is 0 Å². The fraction of sp³-hybridized carbons (Fsp3) is 0.261. The summed E-state index contributed by atoms with van der Waals surface area (Å²) in [5, 5.41) is 2.92. The molecule has 0 amide bonds. The number of anilines is 2. The third-order valence-electron chi connectivity index (χ3n) is 5.63. The number of rotatable bonds is 8. The molecule has 13 heteroatoms. The Morgan fingerprint density at radius 2 is 1.83 bits per heavy atom. The number of nitrogens with one attached hydrogen (secondary N) is 2. The van der Waals surface area contributed by atoms with Crippen molar-refractivity contribution in [3.63, 3.8) is 0 Å². The zero-order chi connectivity index (χ0) is 26.3. The highest BCUT2D eigenvalue weighted by atomic mass is 32.2. The van der Waals surface area contributed by atoms with Gasteiger partial charge >= 0.3 is 0 Å². The summed E-state index contributed by atoms with van der Waals surface area (Å²) < 4.78 is 79.9. The van der Waals surface area contributed by atoms with Crippen molar-refractivity contribution in [1.82, 2.24) is 9.97 Å². The van der Waals surface area contributed by atoms with E-state index in [0.29, 0.717) is 22.5 Å². The summed E-state index contributed by atoms with van der Waals surface area (Å²) in [6, 6.07) is 4.76. The number of pyridine rings is 2. The highest BCUT2D eigenvalue weighted by Gasteiger charge is 2.34. The molecule has 0 aliphatic carbocycles. The van der Waals surface area contributed by atoms with Crippen LogP contribution in [0.15, 0.2) is 47.8 Å². The fourth-order valence-electron chi connectivity index (χ4n) is 3.89. The Labute approximate surface area is 207 Å². The van der Waals surface area contributed by atoms with Crippen molar-refractivity contribution in [1.29, 1.82) is 0 Å². The van der Waals surface area contributed by atoms with Crippen LogP contribution in [-0.2, 0) is 19.9 Å². The molecule has 3 heterocycles. The average Bonchev–Trinajstić information content (AvgIpc) is 3.24. The van der Waals surface area contributed by atoms with Gasteiger partial charge in [0.15, 0.2) is 21.4 Å². The Hall–Kier alpha value is -3.45. The first-order valence-electron chi connectivity index (χ1n) is 10.8. The Morgan fingerprint density at radius 3 is 2.53 bits per heavy atom. The summed E-state index contributed by atoms with van der Waals surface area (Å²) in [4.78, 5) is 21.5. The zero-order valence-corrected chi connectivity index (χ0v) is 20.9. The van der Waals surface area contributed by atoms with Gasteiger partial charge < -0.3 is 5.32 Å². The molecular formula is C23H22F2N4O5S2. The normalized spacial score (nSPS) is 15.3. The standard InChI is InChI=1S/C23H22F2N4O5S2/c1-3-6-36(33,34)29-19-5-4-18(24)20(21(19)25)22(30)17-12-28-23-16(17)8-14(10-27-23)13-7-15(11-26-9-13)35(2,31)32/h4-5,7-11,17,29H,3,6,12H2,1-2H3,(H,27,28). The van der Waals surface area contributed by atoms with E-state index in [1.54, 1.807) is 13.0 Å². The monoisotopic (exact) mass is 536 g/mol. The number of fused-ring (bicyclic) bond motifs is 1. The predicted molar refractivity (Wildman–Crippen MR) is 130 cm³/mol. The summed E-state index contributed by atoms with van der Waals surface area (Å²) in [7, 11) is -7.39. The first kappa shape index (κ1) is 25.6. The van der Waals surface area contributed by atoms with Gasteiger partial charge in [0, 0.05) is 48.1 Å². The van der Waals surface area contributed by atoms with Crippen LogP contribution in [0, 0.1) is 11.6 Å². The lowest BCUT2D eigenvalue weighted by molar-refractivity contribution is 0.0958. The van der Waals surface area contributed by atoms with Gasteiger partial charge in [-0.3, -0.25) is 14.5 Å². The molecule has 1 atom stereocenters. The van der Waals surface area contributed by atoms with E-state index in [9.17, 15) is 26.0 Å². The summed E-state index contributed by atoms with van der Waals surface area (Å²) in [5.74, 6) is -4.28. The first-order chi connectivity index (χ1) is 16.9. The van der Waals surface area contributed by atoms with Crippen molar-refractivity contribution in [3.05, 3.63) is 65.6 Å². The smallest absolute Gasteiger partial charge is 0.232 e. The van der Waals surface area contributed by atoms with E-state index in [-0.39, 0.29) is 23.6 Å². The van der Waals surface area contributed by atoms with Crippen molar-refractivity contribution in [3.8, 4) is 11.1 Å². The van der Waals surface area contributed by atoms with Gasteiger partial charge in [0.05, 0.1) is 27.8 Å². The first-order valence-corrected chi connectivity index (χ1v) is 14.4. The lowest BCUT2D eigenvalue weighted by atomic mass is 9.91. The number of carbonyl (C=O) groups is 1. The van der Waals surface area contributed by atoms with Crippen molar-refractivity contribution in [2.75, 3.05) is 28.6 Å². The molecule has 3 aromatic rings. The van der Waals surface area contributed by atoms with E-state index in [1.165, 1.54) is 24.7 Å². The van der Waals surface area contributed by atoms with Crippen LogP contribution in [0.25, 0.3) is 11.1 Å². The molecule has 9 nitrogen and oxygen atoms in total. The Bertz CT molecular complexity index is 1580. The third kappa shape index (κ3) is 5.07. The molecule has 0 fully saturated rings. The SMILES string of the molecule is CCCS(=O)(=O)Nc1ccc(F)c(C(=O)C2CNc3ncc(-c4cncc(S(C)(=O)=O)c4)cc32)c1F. The Kier molecular flexibility index (Phi) is 6.80. The minimum atomic E-state index is -3.88. The second-order valence-electron chi connectivity index (χ2n) is 8.35. The topological polar surface area (TPSA) is 135 Å². The van der Waals surface area contributed by atoms with Crippen LogP contribution in [-0.4, -0.2) is 51.1 Å². The van der Waals surface area contributed by atoms with Gasteiger partial charge in [-0.1, -0.05) is 6.92 Å². The predicted octanol–water partition coefficient (Wildman–Crippen LogP) is 3.37. The molecule has 2 N–H and O–H groups in total. The summed E-state index contributed by atoms with van der Waals surface area (Å²) in [6.07, 6.45) is 5.44. The second kappa shape index (κ2) is 9.54. The number of aromatic nitrogens is 2. The number of hydrogen-bond acceptors (Lipinski definition) is 8. The number of sulfonamides is 1.